The van der Waals surface area contributed by atoms with Gasteiger partial charge in [-0.3, -0.25) is 4.79 Å². The molecule has 0 spiro atoms. The summed E-state index contributed by atoms with van der Waals surface area (Å²) in [5.74, 6) is -0.855. The molecule has 1 atom stereocenters. The van der Waals surface area contributed by atoms with Crippen LogP contribution in [0.2, 0.25) is 5.02 Å². The minimum atomic E-state index is -0.569. The number of fused-ring (bicyclic) bond motifs is 1. The monoisotopic (exact) mass is 394 g/mol. The molecule has 27 heavy (non-hydrogen) atoms. The third-order valence-corrected chi connectivity index (χ3v) is 4.43. The van der Waals surface area contributed by atoms with Crippen molar-refractivity contribution in [2.24, 2.45) is 5.92 Å². The summed E-state index contributed by atoms with van der Waals surface area (Å²) in [5, 5.41) is 5.54. The van der Waals surface area contributed by atoms with Crippen LogP contribution in [0.25, 0.3) is 0 Å². The average Bonchev–Trinajstić information content (AvgIpc) is 2.65. The molecule has 1 aromatic rings. The molecule has 2 N–H and O–H groups in total. The van der Waals surface area contributed by atoms with E-state index in [9.17, 15) is 14.4 Å². The first-order chi connectivity index (χ1) is 13.0. The molecule has 9 heteroatoms. The van der Waals surface area contributed by atoms with Crippen LogP contribution in [0.5, 0.6) is 5.75 Å². The number of carbonyl (C=O) groups excluding carboxylic acids is 3. The Balaban J connectivity index is 1.65. The van der Waals surface area contributed by atoms with Crippen molar-refractivity contribution >= 4 is 29.6 Å². The Morgan fingerprint density at radius 2 is 2.15 bits per heavy atom. The molecule has 0 saturated heterocycles. The van der Waals surface area contributed by atoms with E-state index in [4.69, 9.17) is 25.8 Å². The molecule has 1 aromatic carbocycles. The zero-order chi connectivity index (χ0) is 19.4. The predicted octanol–water partition coefficient (Wildman–Crippen LogP) is 1.56. The maximum absolute atomic E-state index is 12.4. The lowest BCUT2D eigenvalue weighted by Crippen LogP contribution is -2.45. The van der Waals surface area contributed by atoms with Gasteiger partial charge in [-0.15, -0.1) is 0 Å². The van der Waals surface area contributed by atoms with E-state index in [0.717, 1.165) is 5.56 Å². The van der Waals surface area contributed by atoms with E-state index in [1.54, 1.807) is 25.1 Å². The fraction of sp³-hybridized carbons (Fsp3) is 0.389. The summed E-state index contributed by atoms with van der Waals surface area (Å²) in [6, 6.07) is 4.77. The number of rotatable bonds is 5. The Morgan fingerprint density at radius 1 is 1.33 bits per heavy atom. The second kappa shape index (κ2) is 8.30. The molecule has 144 valence electrons. The predicted molar refractivity (Wildman–Crippen MR) is 95.3 cm³/mol. The lowest BCUT2D eigenvalue weighted by molar-refractivity contribution is -0.149. The molecule has 3 rings (SSSR count). The van der Waals surface area contributed by atoms with Gasteiger partial charge < -0.3 is 24.8 Å². The number of esters is 2. The molecule has 0 radical (unpaired) electrons. The number of amides is 2. The van der Waals surface area contributed by atoms with Crippen LogP contribution in [0, 0.1) is 5.92 Å². The highest BCUT2D eigenvalue weighted by Gasteiger charge is 2.29. The van der Waals surface area contributed by atoms with Crippen LogP contribution in [0.3, 0.4) is 0 Å². The van der Waals surface area contributed by atoms with E-state index in [0.29, 0.717) is 17.2 Å². The highest BCUT2D eigenvalue weighted by molar-refractivity contribution is 6.30. The number of benzene rings is 1. The zero-order valence-electron chi connectivity index (χ0n) is 14.7. The van der Waals surface area contributed by atoms with Gasteiger partial charge >= 0.3 is 18.0 Å². The summed E-state index contributed by atoms with van der Waals surface area (Å²) in [6.45, 7) is 1.84. The first-order valence-corrected chi connectivity index (χ1v) is 8.87. The van der Waals surface area contributed by atoms with Crippen LogP contribution in [0.15, 0.2) is 29.5 Å². The van der Waals surface area contributed by atoms with E-state index >= 15 is 0 Å². The quantitative estimate of drug-likeness (QED) is 0.735. The topological polar surface area (TPSA) is 103 Å². The molecule has 0 fully saturated rings. The first-order valence-electron chi connectivity index (χ1n) is 8.49. The number of urea groups is 1. The normalized spacial score (nSPS) is 18.6. The fourth-order valence-corrected chi connectivity index (χ4v) is 3.04. The number of halogens is 1. The zero-order valence-corrected chi connectivity index (χ0v) is 15.4. The highest BCUT2D eigenvalue weighted by Crippen LogP contribution is 2.30. The van der Waals surface area contributed by atoms with E-state index in [1.165, 1.54) is 0 Å². The summed E-state index contributed by atoms with van der Waals surface area (Å²) < 4.78 is 15.9. The van der Waals surface area contributed by atoms with Gasteiger partial charge in [-0.25, -0.2) is 9.59 Å². The van der Waals surface area contributed by atoms with Crippen LogP contribution in [0.1, 0.15) is 12.5 Å². The Kier molecular flexibility index (Phi) is 5.85. The molecule has 2 amide bonds. The first kappa shape index (κ1) is 19.0. The van der Waals surface area contributed by atoms with E-state index < -0.39 is 23.9 Å². The number of ether oxygens (including phenoxy) is 3. The SMILES string of the molecule is CCOC(=O)C1=C(COC(=O)C2COc3ccc(Cl)cc3C2)NC(=O)NC1. The smallest absolute Gasteiger partial charge is 0.337 e. The van der Waals surface area contributed by atoms with Gasteiger partial charge in [0.25, 0.3) is 0 Å². The Bertz CT molecular complexity index is 807. The Morgan fingerprint density at radius 3 is 2.93 bits per heavy atom. The van der Waals surface area contributed by atoms with Crippen molar-refractivity contribution in [3.63, 3.8) is 0 Å². The number of hydrogen-bond donors (Lipinski definition) is 2. The largest absolute Gasteiger partial charge is 0.492 e. The van der Waals surface area contributed by atoms with Crippen LogP contribution >= 0.6 is 11.6 Å². The second-order valence-corrected chi connectivity index (χ2v) is 6.49. The summed E-state index contributed by atoms with van der Waals surface area (Å²) in [5.41, 5.74) is 1.27. The van der Waals surface area contributed by atoms with Gasteiger partial charge in [0.15, 0.2) is 0 Å². The van der Waals surface area contributed by atoms with Crippen molar-refractivity contribution in [1.29, 1.82) is 0 Å². The van der Waals surface area contributed by atoms with Gasteiger partial charge in [0.05, 0.1) is 30.3 Å². The van der Waals surface area contributed by atoms with Crippen molar-refractivity contribution in [3.8, 4) is 5.75 Å². The molecule has 0 aromatic heterocycles. The molecular formula is C18H19ClN2O6. The van der Waals surface area contributed by atoms with E-state index in [1.807, 2.05) is 0 Å². The Hall–Kier alpha value is -2.74. The summed E-state index contributed by atoms with van der Waals surface area (Å²) in [7, 11) is 0. The molecule has 0 bridgehead atoms. The van der Waals surface area contributed by atoms with Crippen LogP contribution in [-0.4, -0.2) is 44.3 Å². The summed E-state index contributed by atoms with van der Waals surface area (Å²) in [6.07, 6.45) is 0.437. The molecule has 0 saturated carbocycles. The molecular weight excluding hydrogens is 376 g/mol. The standard InChI is InChI=1S/C18H19ClN2O6/c1-2-25-17(23)13-7-20-18(24)21-14(13)9-27-16(22)11-5-10-6-12(19)3-4-15(10)26-8-11/h3-4,6,11H,2,5,7-9H2,1H3,(H2,20,21,24). The van der Waals surface area contributed by atoms with Crippen molar-refractivity contribution in [1.82, 2.24) is 10.6 Å². The van der Waals surface area contributed by atoms with Crippen molar-refractivity contribution in [2.75, 3.05) is 26.4 Å². The van der Waals surface area contributed by atoms with Gasteiger partial charge in [0, 0.05) is 5.02 Å². The van der Waals surface area contributed by atoms with Gasteiger partial charge in [-0.2, -0.15) is 0 Å². The van der Waals surface area contributed by atoms with E-state index in [-0.39, 0.29) is 37.6 Å². The number of carbonyl (C=O) groups is 3. The Labute approximate surface area is 160 Å². The van der Waals surface area contributed by atoms with Crippen LogP contribution in [0.4, 0.5) is 4.79 Å². The number of hydrogen-bond acceptors (Lipinski definition) is 6. The second-order valence-electron chi connectivity index (χ2n) is 6.06. The lowest BCUT2D eigenvalue weighted by atomic mass is 9.97. The third kappa shape index (κ3) is 4.51. The summed E-state index contributed by atoms with van der Waals surface area (Å²) in [4.78, 5) is 35.9. The minimum Gasteiger partial charge on any atom is -0.492 e. The molecule has 8 nitrogen and oxygen atoms in total. The minimum absolute atomic E-state index is 0.00989. The molecule has 2 aliphatic rings. The van der Waals surface area contributed by atoms with Crippen molar-refractivity contribution in [2.45, 2.75) is 13.3 Å². The van der Waals surface area contributed by atoms with Crippen LogP contribution in [-0.2, 0) is 25.5 Å². The maximum Gasteiger partial charge on any atom is 0.337 e. The summed E-state index contributed by atoms with van der Waals surface area (Å²) >= 11 is 5.98. The molecule has 2 heterocycles. The van der Waals surface area contributed by atoms with Gasteiger partial charge in [-0.05, 0) is 37.1 Å². The highest BCUT2D eigenvalue weighted by atomic mass is 35.5. The third-order valence-electron chi connectivity index (χ3n) is 4.20. The fourth-order valence-electron chi connectivity index (χ4n) is 2.84. The molecule has 0 aliphatic carbocycles. The van der Waals surface area contributed by atoms with Crippen molar-refractivity contribution < 1.29 is 28.6 Å². The average molecular weight is 395 g/mol. The number of nitrogens with one attached hydrogen (secondary N) is 2. The lowest BCUT2D eigenvalue weighted by Gasteiger charge is -2.25. The van der Waals surface area contributed by atoms with Crippen LogP contribution < -0.4 is 15.4 Å². The van der Waals surface area contributed by atoms with Gasteiger partial charge in [0.2, 0.25) is 0 Å². The molecule has 1 unspecified atom stereocenters. The van der Waals surface area contributed by atoms with Gasteiger partial charge in [-0.1, -0.05) is 11.6 Å². The van der Waals surface area contributed by atoms with Crippen molar-refractivity contribution in [3.05, 3.63) is 40.1 Å². The maximum atomic E-state index is 12.4. The molecule has 2 aliphatic heterocycles. The van der Waals surface area contributed by atoms with E-state index in [2.05, 4.69) is 10.6 Å². The van der Waals surface area contributed by atoms with Gasteiger partial charge in [0.1, 0.15) is 19.0 Å².